The van der Waals surface area contributed by atoms with Gasteiger partial charge in [-0.3, -0.25) is 0 Å². The molecule has 0 saturated heterocycles. The van der Waals surface area contributed by atoms with E-state index in [9.17, 15) is 9.90 Å². The van der Waals surface area contributed by atoms with Crippen molar-refractivity contribution >= 4 is 5.97 Å². The zero-order valence-corrected chi connectivity index (χ0v) is 19.5. The summed E-state index contributed by atoms with van der Waals surface area (Å²) < 4.78 is 17.2. The largest absolute Gasteiger partial charge is 0.458 e. The van der Waals surface area contributed by atoms with Crippen LogP contribution in [0.1, 0.15) is 40.2 Å². The molecule has 1 heterocycles. The molecule has 5 heteroatoms. The molecule has 3 aromatic rings. The van der Waals surface area contributed by atoms with E-state index in [1.165, 1.54) is 28.3 Å². The second-order valence-electron chi connectivity index (χ2n) is 8.84. The van der Waals surface area contributed by atoms with E-state index in [2.05, 4.69) is 49.0 Å². The van der Waals surface area contributed by atoms with E-state index in [4.69, 9.17) is 14.2 Å². The van der Waals surface area contributed by atoms with E-state index in [1.807, 2.05) is 30.3 Å². The Bertz CT molecular complexity index is 1260. The van der Waals surface area contributed by atoms with Gasteiger partial charge in [0.25, 0.3) is 0 Å². The summed E-state index contributed by atoms with van der Waals surface area (Å²) in [4.78, 5) is 12.6. The van der Waals surface area contributed by atoms with E-state index in [1.54, 1.807) is 0 Å². The first-order valence-electron chi connectivity index (χ1n) is 11.8. The monoisotopic (exact) mass is 468 g/mol. The zero-order valence-electron chi connectivity index (χ0n) is 19.5. The molecule has 35 heavy (non-hydrogen) atoms. The third kappa shape index (κ3) is 5.06. The first-order chi connectivity index (χ1) is 17.1. The van der Waals surface area contributed by atoms with Crippen LogP contribution >= 0.6 is 0 Å². The first kappa shape index (κ1) is 23.1. The Balaban J connectivity index is 1.38. The summed E-state index contributed by atoms with van der Waals surface area (Å²) in [6, 6.07) is 22.6. The van der Waals surface area contributed by atoms with Crippen molar-refractivity contribution in [3.05, 3.63) is 119 Å². The fourth-order valence-electron chi connectivity index (χ4n) is 4.65. The van der Waals surface area contributed by atoms with Crippen molar-refractivity contribution in [1.29, 1.82) is 0 Å². The summed E-state index contributed by atoms with van der Waals surface area (Å²) in [6.07, 6.45) is 4.28. The van der Waals surface area contributed by atoms with E-state index in [-0.39, 0.29) is 24.9 Å². The Morgan fingerprint density at radius 1 is 1.03 bits per heavy atom. The molecule has 2 aliphatic rings. The number of benzene rings is 3. The second-order valence-corrected chi connectivity index (χ2v) is 8.84. The number of hydrogen-bond donors (Lipinski definition) is 1. The third-order valence-electron chi connectivity index (χ3n) is 6.48. The lowest BCUT2D eigenvalue weighted by molar-refractivity contribution is -0.163. The predicted molar refractivity (Wildman–Crippen MR) is 133 cm³/mol. The van der Waals surface area contributed by atoms with Gasteiger partial charge in [0.2, 0.25) is 12.0 Å². The van der Waals surface area contributed by atoms with Crippen LogP contribution in [-0.4, -0.2) is 24.0 Å². The van der Waals surface area contributed by atoms with Crippen LogP contribution in [0.25, 0.3) is 11.1 Å². The normalized spacial score (nSPS) is 18.1. The third-order valence-corrected chi connectivity index (χ3v) is 6.48. The lowest BCUT2D eigenvalue weighted by Crippen LogP contribution is -2.27. The highest BCUT2D eigenvalue weighted by molar-refractivity contribution is 5.86. The fraction of sp³-hybridized carbons (Fsp3) is 0.233. The molecule has 1 aliphatic carbocycles. The topological polar surface area (TPSA) is 65.0 Å². The number of rotatable bonds is 8. The van der Waals surface area contributed by atoms with Gasteiger partial charge in [-0.1, -0.05) is 79.4 Å². The van der Waals surface area contributed by atoms with Crippen LogP contribution in [0.15, 0.2) is 91.2 Å². The number of aliphatic hydroxyl groups is 1. The van der Waals surface area contributed by atoms with Crippen molar-refractivity contribution in [2.75, 3.05) is 6.61 Å². The van der Waals surface area contributed by atoms with Gasteiger partial charge in [-0.15, -0.1) is 0 Å². The van der Waals surface area contributed by atoms with Crippen LogP contribution in [0.5, 0.6) is 0 Å². The Kier molecular flexibility index (Phi) is 6.80. The number of aliphatic hydroxyl groups excluding tert-OH is 1. The van der Waals surface area contributed by atoms with Gasteiger partial charge < -0.3 is 19.3 Å². The molecule has 2 atom stereocenters. The number of ether oxygens (including phenoxy) is 3. The van der Waals surface area contributed by atoms with Crippen molar-refractivity contribution in [3.8, 4) is 11.1 Å². The maximum atomic E-state index is 12.6. The van der Waals surface area contributed by atoms with Gasteiger partial charge in [-0.2, -0.15) is 0 Å². The molecule has 5 nitrogen and oxygen atoms in total. The van der Waals surface area contributed by atoms with Gasteiger partial charge in [0.1, 0.15) is 6.61 Å². The highest BCUT2D eigenvalue weighted by Crippen LogP contribution is 2.40. The second kappa shape index (κ2) is 10.3. The Labute approximate surface area is 205 Å². The summed E-state index contributed by atoms with van der Waals surface area (Å²) in [7, 11) is 0. The average molecular weight is 469 g/mol. The molecule has 5 rings (SSSR count). The van der Waals surface area contributed by atoms with Crippen molar-refractivity contribution in [2.24, 2.45) is 0 Å². The molecule has 0 fully saturated rings. The van der Waals surface area contributed by atoms with E-state index < -0.39 is 12.3 Å². The standard InChI is InChI=1S/C30H28O5/c1-2-13-33-30(32)28-16-25(17-29(35-28)34-19-21-9-7-20(18-31)8-10-21)22-11-12-24-14-23-5-3-4-6-26(23)27(24)15-22/h2-12,15-16,25,29,31H,1,13-14,17-19H2/t25-,29+/m0/s1. The fourth-order valence-corrected chi connectivity index (χ4v) is 4.65. The molecule has 0 bridgehead atoms. The highest BCUT2D eigenvalue weighted by Gasteiger charge is 2.30. The molecule has 0 radical (unpaired) electrons. The highest BCUT2D eigenvalue weighted by atomic mass is 16.7. The maximum Gasteiger partial charge on any atom is 0.373 e. The minimum Gasteiger partial charge on any atom is -0.458 e. The van der Waals surface area contributed by atoms with Gasteiger partial charge in [0.05, 0.1) is 13.2 Å². The lowest BCUT2D eigenvalue weighted by Gasteiger charge is -2.29. The van der Waals surface area contributed by atoms with Gasteiger partial charge in [0.15, 0.2) is 0 Å². The van der Waals surface area contributed by atoms with Crippen LogP contribution in [0.3, 0.4) is 0 Å². The average Bonchev–Trinajstić information content (AvgIpc) is 3.28. The molecule has 1 N–H and O–H groups in total. The minimum absolute atomic E-state index is 0.000775. The SMILES string of the molecule is C=CCOC(=O)C1=C[C@H](c2ccc3c(c2)-c2ccccc2C3)C[C@H](OCc2ccc(CO)cc2)O1. The summed E-state index contributed by atoms with van der Waals surface area (Å²) >= 11 is 0. The summed E-state index contributed by atoms with van der Waals surface area (Å²) in [6.45, 7) is 4.05. The molecule has 1 aliphatic heterocycles. The quantitative estimate of drug-likeness (QED) is 0.277. The number of allylic oxidation sites excluding steroid dienone is 1. The molecule has 3 aromatic carbocycles. The Morgan fingerprint density at radius 2 is 1.80 bits per heavy atom. The molecular formula is C30H28O5. The molecular weight excluding hydrogens is 440 g/mol. The van der Waals surface area contributed by atoms with E-state index >= 15 is 0 Å². The number of fused-ring (bicyclic) bond motifs is 3. The van der Waals surface area contributed by atoms with Crippen LogP contribution < -0.4 is 0 Å². The van der Waals surface area contributed by atoms with Crippen LogP contribution in [0.4, 0.5) is 0 Å². The predicted octanol–water partition coefficient (Wildman–Crippen LogP) is 5.41. The van der Waals surface area contributed by atoms with Crippen molar-refractivity contribution in [3.63, 3.8) is 0 Å². The Hall–Kier alpha value is -3.67. The molecule has 0 amide bonds. The summed E-state index contributed by atoms with van der Waals surface area (Å²) in [5.41, 5.74) is 8.08. The van der Waals surface area contributed by atoms with E-state index in [0.717, 1.165) is 23.1 Å². The summed E-state index contributed by atoms with van der Waals surface area (Å²) in [5, 5.41) is 9.25. The van der Waals surface area contributed by atoms with Gasteiger partial charge in [-0.05, 0) is 51.4 Å². The minimum atomic E-state index is -0.602. The van der Waals surface area contributed by atoms with Gasteiger partial charge >= 0.3 is 5.97 Å². The number of carbonyl (C=O) groups is 1. The first-order valence-corrected chi connectivity index (χ1v) is 11.8. The zero-order chi connectivity index (χ0) is 24.2. The van der Waals surface area contributed by atoms with E-state index in [0.29, 0.717) is 13.0 Å². The number of hydrogen-bond acceptors (Lipinski definition) is 5. The maximum absolute atomic E-state index is 12.6. The number of carbonyl (C=O) groups excluding carboxylic acids is 1. The molecule has 0 spiro atoms. The molecule has 0 unspecified atom stereocenters. The Morgan fingerprint density at radius 3 is 2.60 bits per heavy atom. The lowest BCUT2D eigenvalue weighted by atomic mass is 9.90. The summed E-state index contributed by atoms with van der Waals surface area (Å²) in [5.74, 6) is -0.429. The molecule has 178 valence electrons. The van der Waals surface area contributed by atoms with Gasteiger partial charge in [-0.25, -0.2) is 4.79 Å². The van der Waals surface area contributed by atoms with Crippen LogP contribution in [0, 0.1) is 0 Å². The van der Waals surface area contributed by atoms with Crippen molar-refractivity contribution in [1.82, 2.24) is 0 Å². The molecule has 0 aromatic heterocycles. The number of esters is 1. The van der Waals surface area contributed by atoms with Gasteiger partial charge in [0, 0.05) is 12.3 Å². The van der Waals surface area contributed by atoms with Crippen LogP contribution in [-0.2, 0) is 38.6 Å². The van der Waals surface area contributed by atoms with Crippen molar-refractivity contribution < 1.29 is 24.1 Å². The van der Waals surface area contributed by atoms with Crippen molar-refractivity contribution in [2.45, 2.75) is 38.3 Å². The molecule has 0 saturated carbocycles. The smallest absolute Gasteiger partial charge is 0.373 e. The van der Waals surface area contributed by atoms with Crippen LogP contribution in [0.2, 0.25) is 0 Å².